The predicted octanol–water partition coefficient (Wildman–Crippen LogP) is 6.90. The molecule has 0 aliphatic heterocycles. The second-order valence-electron chi connectivity index (χ2n) is 7.64. The standard InChI is InChI=1S/C24H36ClN/c1-5-16-26(17-6-2)18-15-23(25)12-8-11-21-9-7-10-22-14-13-19(3)20(4)24(21)22/h7,9-10,13-14,23H,5-6,8,11-12,15-18H2,1-4H3. The van der Waals surface area contributed by atoms with Crippen molar-refractivity contribution in [3.8, 4) is 0 Å². The molecule has 0 aliphatic rings. The molecule has 0 saturated heterocycles. The fourth-order valence-electron chi connectivity index (χ4n) is 3.91. The summed E-state index contributed by atoms with van der Waals surface area (Å²) in [4.78, 5) is 2.56. The second-order valence-corrected chi connectivity index (χ2v) is 8.26. The lowest BCUT2D eigenvalue weighted by molar-refractivity contribution is 0.269. The fraction of sp³-hybridized carbons (Fsp3) is 0.583. The van der Waals surface area contributed by atoms with Gasteiger partial charge in [-0.15, -0.1) is 11.6 Å². The first kappa shape index (κ1) is 21.3. The molecule has 2 heteroatoms. The normalized spacial score (nSPS) is 12.8. The minimum Gasteiger partial charge on any atom is -0.303 e. The summed E-state index contributed by atoms with van der Waals surface area (Å²) < 4.78 is 0. The van der Waals surface area contributed by atoms with E-state index in [1.165, 1.54) is 59.8 Å². The number of halogens is 1. The van der Waals surface area contributed by atoms with Gasteiger partial charge in [-0.1, -0.05) is 44.2 Å². The molecule has 0 aromatic heterocycles. The highest BCUT2D eigenvalue weighted by molar-refractivity contribution is 6.20. The van der Waals surface area contributed by atoms with Crippen molar-refractivity contribution in [2.45, 2.75) is 71.6 Å². The molecule has 0 fully saturated rings. The fourth-order valence-corrected chi connectivity index (χ4v) is 4.16. The number of hydrogen-bond acceptors (Lipinski definition) is 1. The van der Waals surface area contributed by atoms with E-state index in [0.717, 1.165) is 25.8 Å². The summed E-state index contributed by atoms with van der Waals surface area (Å²) in [6.07, 6.45) is 6.96. The van der Waals surface area contributed by atoms with E-state index in [9.17, 15) is 0 Å². The molecule has 144 valence electrons. The number of benzene rings is 2. The Morgan fingerprint density at radius 1 is 0.923 bits per heavy atom. The molecular formula is C24H36ClN. The summed E-state index contributed by atoms with van der Waals surface area (Å²) in [5.74, 6) is 0. The first-order chi connectivity index (χ1) is 12.6. The van der Waals surface area contributed by atoms with Crippen LogP contribution in [0, 0.1) is 13.8 Å². The molecule has 0 saturated carbocycles. The first-order valence-corrected chi connectivity index (χ1v) is 10.8. The Hall–Kier alpha value is -1.05. The maximum Gasteiger partial charge on any atom is 0.0348 e. The average Bonchev–Trinajstić information content (AvgIpc) is 2.63. The zero-order valence-electron chi connectivity index (χ0n) is 17.2. The van der Waals surface area contributed by atoms with Gasteiger partial charge in [0.15, 0.2) is 0 Å². The molecule has 0 bridgehead atoms. The van der Waals surface area contributed by atoms with Gasteiger partial charge in [-0.3, -0.25) is 0 Å². The molecule has 2 rings (SSSR count). The van der Waals surface area contributed by atoms with Crippen LogP contribution in [0.15, 0.2) is 30.3 Å². The van der Waals surface area contributed by atoms with Gasteiger partial charge in [0.25, 0.3) is 0 Å². The van der Waals surface area contributed by atoms with Crippen LogP contribution in [0.2, 0.25) is 0 Å². The smallest absolute Gasteiger partial charge is 0.0348 e. The molecule has 0 amide bonds. The number of aryl methyl sites for hydroxylation is 3. The van der Waals surface area contributed by atoms with Crippen LogP contribution in [-0.4, -0.2) is 29.9 Å². The third kappa shape index (κ3) is 5.99. The minimum absolute atomic E-state index is 0.295. The van der Waals surface area contributed by atoms with Gasteiger partial charge in [-0.2, -0.15) is 0 Å². The van der Waals surface area contributed by atoms with Gasteiger partial charge in [0, 0.05) is 5.38 Å². The lowest BCUT2D eigenvalue weighted by atomic mass is 9.94. The lowest BCUT2D eigenvalue weighted by Gasteiger charge is -2.22. The lowest BCUT2D eigenvalue weighted by Crippen LogP contribution is -2.28. The van der Waals surface area contributed by atoms with Crippen LogP contribution in [0.4, 0.5) is 0 Å². The van der Waals surface area contributed by atoms with E-state index in [0.29, 0.717) is 5.38 Å². The Bertz CT molecular complexity index is 673. The summed E-state index contributed by atoms with van der Waals surface area (Å²) in [6.45, 7) is 12.5. The highest BCUT2D eigenvalue weighted by Gasteiger charge is 2.10. The summed E-state index contributed by atoms with van der Waals surface area (Å²) in [7, 11) is 0. The van der Waals surface area contributed by atoms with Crippen LogP contribution in [-0.2, 0) is 6.42 Å². The summed E-state index contributed by atoms with van der Waals surface area (Å²) >= 11 is 6.64. The van der Waals surface area contributed by atoms with Crippen LogP contribution < -0.4 is 0 Å². The van der Waals surface area contributed by atoms with Gasteiger partial charge in [-0.05, 0) is 99.5 Å². The van der Waals surface area contributed by atoms with Crippen LogP contribution in [0.5, 0.6) is 0 Å². The van der Waals surface area contributed by atoms with Gasteiger partial charge >= 0.3 is 0 Å². The Labute approximate surface area is 165 Å². The molecule has 1 nitrogen and oxygen atoms in total. The zero-order chi connectivity index (χ0) is 18.9. The Morgan fingerprint density at radius 3 is 2.35 bits per heavy atom. The molecule has 2 aromatic carbocycles. The molecule has 0 radical (unpaired) electrons. The van der Waals surface area contributed by atoms with Gasteiger partial charge in [0.2, 0.25) is 0 Å². The van der Waals surface area contributed by atoms with E-state index < -0.39 is 0 Å². The van der Waals surface area contributed by atoms with E-state index in [1.54, 1.807) is 0 Å². The SMILES string of the molecule is CCCN(CCC)CCC(Cl)CCCc1cccc2ccc(C)c(C)c12. The number of rotatable bonds is 11. The predicted molar refractivity (Wildman–Crippen MR) is 118 cm³/mol. The molecule has 1 atom stereocenters. The molecule has 0 spiro atoms. The quantitative estimate of drug-likeness (QED) is 0.387. The van der Waals surface area contributed by atoms with Crippen LogP contribution in [0.25, 0.3) is 10.8 Å². The van der Waals surface area contributed by atoms with E-state index in [4.69, 9.17) is 11.6 Å². The third-order valence-electron chi connectivity index (χ3n) is 5.46. The van der Waals surface area contributed by atoms with Crippen molar-refractivity contribution < 1.29 is 0 Å². The number of nitrogens with zero attached hydrogens (tertiary/aromatic N) is 1. The largest absolute Gasteiger partial charge is 0.303 e. The van der Waals surface area contributed by atoms with Crippen LogP contribution >= 0.6 is 11.6 Å². The van der Waals surface area contributed by atoms with Crippen molar-refractivity contribution in [2.24, 2.45) is 0 Å². The highest BCUT2D eigenvalue weighted by atomic mass is 35.5. The van der Waals surface area contributed by atoms with Crippen molar-refractivity contribution in [2.75, 3.05) is 19.6 Å². The van der Waals surface area contributed by atoms with Gasteiger partial charge in [0.1, 0.15) is 0 Å². The third-order valence-corrected chi connectivity index (χ3v) is 5.90. The topological polar surface area (TPSA) is 3.24 Å². The number of alkyl halides is 1. The molecule has 2 aromatic rings. The van der Waals surface area contributed by atoms with Crippen molar-refractivity contribution in [1.82, 2.24) is 4.90 Å². The Balaban J connectivity index is 1.88. The van der Waals surface area contributed by atoms with Gasteiger partial charge < -0.3 is 4.90 Å². The number of hydrogen-bond donors (Lipinski definition) is 0. The zero-order valence-corrected chi connectivity index (χ0v) is 17.9. The molecule has 0 N–H and O–H groups in total. The minimum atomic E-state index is 0.295. The van der Waals surface area contributed by atoms with E-state index in [-0.39, 0.29) is 0 Å². The molecule has 0 heterocycles. The van der Waals surface area contributed by atoms with Crippen molar-refractivity contribution in [1.29, 1.82) is 0 Å². The van der Waals surface area contributed by atoms with E-state index in [2.05, 4.69) is 62.9 Å². The van der Waals surface area contributed by atoms with Crippen molar-refractivity contribution in [3.63, 3.8) is 0 Å². The van der Waals surface area contributed by atoms with Gasteiger partial charge in [-0.25, -0.2) is 0 Å². The number of fused-ring (bicyclic) bond motifs is 1. The molecule has 1 unspecified atom stereocenters. The van der Waals surface area contributed by atoms with Crippen molar-refractivity contribution in [3.05, 3.63) is 47.0 Å². The Morgan fingerprint density at radius 2 is 1.65 bits per heavy atom. The van der Waals surface area contributed by atoms with Gasteiger partial charge in [0.05, 0.1) is 0 Å². The Kier molecular flexibility index (Phi) is 8.95. The summed E-state index contributed by atoms with van der Waals surface area (Å²) in [5, 5.41) is 3.11. The second kappa shape index (κ2) is 10.9. The maximum atomic E-state index is 6.64. The van der Waals surface area contributed by atoms with Crippen LogP contribution in [0.1, 0.15) is 62.6 Å². The monoisotopic (exact) mass is 373 g/mol. The average molecular weight is 374 g/mol. The summed E-state index contributed by atoms with van der Waals surface area (Å²) in [6, 6.07) is 11.2. The van der Waals surface area contributed by atoms with E-state index >= 15 is 0 Å². The highest BCUT2D eigenvalue weighted by Crippen LogP contribution is 2.27. The summed E-state index contributed by atoms with van der Waals surface area (Å²) in [5.41, 5.74) is 4.29. The molecule has 0 aliphatic carbocycles. The van der Waals surface area contributed by atoms with E-state index in [1.807, 2.05) is 0 Å². The first-order valence-electron chi connectivity index (χ1n) is 10.4. The van der Waals surface area contributed by atoms with Crippen LogP contribution in [0.3, 0.4) is 0 Å². The molecule has 26 heavy (non-hydrogen) atoms. The molecular weight excluding hydrogens is 338 g/mol. The maximum absolute atomic E-state index is 6.64. The van der Waals surface area contributed by atoms with Crippen molar-refractivity contribution >= 4 is 22.4 Å².